The fourth-order valence-electron chi connectivity index (χ4n) is 1.92. The normalized spacial score (nSPS) is 11.9. The lowest BCUT2D eigenvalue weighted by Gasteiger charge is -2.18. The number of aromatic nitrogens is 2. The van der Waals surface area contributed by atoms with Gasteiger partial charge in [0.05, 0.1) is 21.9 Å². The number of nitrogens with zero attached hydrogens (tertiary/aromatic N) is 2. The van der Waals surface area contributed by atoms with Crippen LogP contribution < -0.4 is 5.73 Å². The first kappa shape index (κ1) is 13.4. The summed E-state index contributed by atoms with van der Waals surface area (Å²) in [7, 11) is 0. The first-order valence-electron chi connectivity index (χ1n) is 5.60. The number of nitrogens with two attached hydrogens (primary N) is 1. The van der Waals surface area contributed by atoms with Crippen molar-refractivity contribution in [2.24, 2.45) is 5.73 Å². The molecule has 0 unspecified atom stereocenters. The summed E-state index contributed by atoms with van der Waals surface area (Å²) < 4.78 is 1.81. The van der Waals surface area contributed by atoms with Gasteiger partial charge in [0.1, 0.15) is 0 Å². The van der Waals surface area contributed by atoms with Crippen LogP contribution in [0.2, 0.25) is 10.0 Å². The number of halogens is 2. The molecule has 0 radical (unpaired) electrons. The van der Waals surface area contributed by atoms with Crippen molar-refractivity contribution in [3.8, 4) is 5.69 Å². The zero-order valence-corrected chi connectivity index (χ0v) is 12.0. The quantitative estimate of drug-likeness (QED) is 0.914. The van der Waals surface area contributed by atoms with Crippen LogP contribution in [-0.4, -0.2) is 9.78 Å². The van der Waals surface area contributed by atoms with Crippen molar-refractivity contribution < 1.29 is 0 Å². The van der Waals surface area contributed by atoms with Crippen molar-refractivity contribution in [1.82, 2.24) is 9.78 Å². The number of hydrogen-bond acceptors (Lipinski definition) is 2. The highest BCUT2D eigenvalue weighted by Crippen LogP contribution is 2.27. The van der Waals surface area contributed by atoms with Crippen LogP contribution >= 0.6 is 23.2 Å². The Morgan fingerprint density at radius 2 is 1.89 bits per heavy atom. The van der Waals surface area contributed by atoms with Crippen molar-refractivity contribution in [2.45, 2.75) is 26.3 Å². The molecule has 1 aromatic heterocycles. The molecule has 0 spiro atoms. The maximum atomic E-state index is 6.10. The Hall–Kier alpha value is -1.03. The molecule has 0 saturated heterocycles. The van der Waals surface area contributed by atoms with Crippen molar-refractivity contribution in [1.29, 1.82) is 0 Å². The summed E-state index contributed by atoms with van der Waals surface area (Å²) in [5.41, 5.74) is 8.57. The molecule has 0 saturated carbocycles. The van der Waals surface area contributed by atoms with E-state index in [-0.39, 0.29) is 0 Å². The third-order valence-electron chi connectivity index (χ3n) is 2.85. The lowest BCUT2D eigenvalue weighted by molar-refractivity contribution is 0.550. The number of hydrogen-bond donors (Lipinski definition) is 1. The Kier molecular flexibility index (Phi) is 3.41. The predicted octanol–water partition coefficient (Wildman–Crippen LogP) is 3.68. The van der Waals surface area contributed by atoms with Gasteiger partial charge in [-0.3, -0.25) is 0 Å². The first-order chi connectivity index (χ1) is 8.30. The van der Waals surface area contributed by atoms with Crippen molar-refractivity contribution >= 4 is 23.2 Å². The van der Waals surface area contributed by atoms with E-state index in [2.05, 4.69) is 5.10 Å². The second-order valence-corrected chi connectivity index (χ2v) is 5.69. The molecule has 2 aromatic rings. The summed E-state index contributed by atoms with van der Waals surface area (Å²) in [5, 5.41) is 5.40. The largest absolute Gasteiger partial charge is 0.322 e. The van der Waals surface area contributed by atoms with Crippen LogP contribution in [0.25, 0.3) is 5.69 Å². The highest BCUT2D eigenvalue weighted by atomic mass is 35.5. The van der Waals surface area contributed by atoms with Gasteiger partial charge in [0, 0.05) is 16.8 Å². The van der Waals surface area contributed by atoms with Gasteiger partial charge in [-0.1, -0.05) is 23.2 Å². The van der Waals surface area contributed by atoms with Crippen LogP contribution in [0.15, 0.2) is 24.4 Å². The standard InChI is InChI=1S/C13H15Cl2N3/c1-8-10(13(2,3)16)7-17-18(8)9-4-5-11(14)12(15)6-9/h4-7H,16H2,1-3H3. The Morgan fingerprint density at radius 3 is 2.39 bits per heavy atom. The summed E-state index contributed by atoms with van der Waals surface area (Å²) in [6, 6.07) is 5.42. The third-order valence-corrected chi connectivity index (χ3v) is 3.59. The molecular weight excluding hydrogens is 269 g/mol. The molecule has 0 amide bonds. The van der Waals surface area contributed by atoms with Gasteiger partial charge in [0.2, 0.25) is 0 Å². The fraction of sp³-hybridized carbons (Fsp3) is 0.308. The minimum Gasteiger partial charge on any atom is -0.322 e. The van der Waals surface area contributed by atoms with E-state index in [1.807, 2.05) is 31.5 Å². The van der Waals surface area contributed by atoms with Gasteiger partial charge in [-0.15, -0.1) is 0 Å². The lowest BCUT2D eigenvalue weighted by atomic mass is 9.97. The molecule has 3 nitrogen and oxygen atoms in total. The molecule has 96 valence electrons. The van der Waals surface area contributed by atoms with Gasteiger partial charge >= 0.3 is 0 Å². The SMILES string of the molecule is Cc1c(C(C)(C)N)cnn1-c1ccc(Cl)c(Cl)c1. The van der Waals surface area contributed by atoms with E-state index in [0.29, 0.717) is 10.0 Å². The number of rotatable bonds is 2. The average molecular weight is 284 g/mol. The maximum absolute atomic E-state index is 6.10. The second kappa shape index (κ2) is 4.57. The molecule has 2 N–H and O–H groups in total. The van der Waals surface area contributed by atoms with E-state index in [1.165, 1.54) is 0 Å². The molecule has 0 aliphatic heterocycles. The minimum atomic E-state index is -0.418. The van der Waals surface area contributed by atoms with Gasteiger partial charge in [-0.25, -0.2) is 4.68 Å². The van der Waals surface area contributed by atoms with Crippen LogP contribution in [0.1, 0.15) is 25.1 Å². The molecule has 5 heteroatoms. The van der Waals surface area contributed by atoms with Crippen LogP contribution in [0.3, 0.4) is 0 Å². The third kappa shape index (κ3) is 2.39. The Morgan fingerprint density at radius 1 is 1.22 bits per heavy atom. The Labute approximate surface area is 117 Å². The molecule has 2 rings (SSSR count). The van der Waals surface area contributed by atoms with Crippen molar-refractivity contribution in [3.63, 3.8) is 0 Å². The second-order valence-electron chi connectivity index (χ2n) is 4.88. The van der Waals surface area contributed by atoms with Gasteiger partial charge in [-0.05, 0) is 39.0 Å². The van der Waals surface area contributed by atoms with E-state index in [1.54, 1.807) is 18.3 Å². The lowest BCUT2D eigenvalue weighted by Crippen LogP contribution is -2.29. The van der Waals surface area contributed by atoms with Crippen LogP contribution in [-0.2, 0) is 5.54 Å². The topological polar surface area (TPSA) is 43.8 Å². The van der Waals surface area contributed by atoms with Crippen molar-refractivity contribution in [2.75, 3.05) is 0 Å². The summed E-state index contributed by atoms with van der Waals surface area (Å²) in [6.07, 6.45) is 1.79. The molecule has 1 heterocycles. The highest BCUT2D eigenvalue weighted by molar-refractivity contribution is 6.42. The van der Waals surface area contributed by atoms with Gasteiger partial charge in [0.15, 0.2) is 0 Å². The zero-order chi connectivity index (χ0) is 13.5. The van der Waals surface area contributed by atoms with E-state index in [0.717, 1.165) is 16.9 Å². The molecule has 0 aliphatic carbocycles. The van der Waals surface area contributed by atoms with Gasteiger partial charge in [-0.2, -0.15) is 5.10 Å². The smallest absolute Gasteiger partial charge is 0.0664 e. The van der Waals surface area contributed by atoms with Crippen molar-refractivity contribution in [3.05, 3.63) is 45.7 Å². The maximum Gasteiger partial charge on any atom is 0.0664 e. The van der Waals surface area contributed by atoms with E-state index < -0.39 is 5.54 Å². The monoisotopic (exact) mass is 283 g/mol. The predicted molar refractivity (Wildman–Crippen MR) is 75.5 cm³/mol. The number of benzene rings is 1. The zero-order valence-electron chi connectivity index (χ0n) is 10.5. The van der Waals surface area contributed by atoms with E-state index in [9.17, 15) is 0 Å². The van der Waals surface area contributed by atoms with E-state index >= 15 is 0 Å². The average Bonchev–Trinajstić information content (AvgIpc) is 2.64. The van der Waals surface area contributed by atoms with E-state index in [4.69, 9.17) is 28.9 Å². The first-order valence-corrected chi connectivity index (χ1v) is 6.35. The van der Waals surface area contributed by atoms with Gasteiger partial charge < -0.3 is 5.73 Å². The molecular formula is C13H15Cl2N3. The highest BCUT2D eigenvalue weighted by Gasteiger charge is 2.20. The molecule has 0 aliphatic rings. The minimum absolute atomic E-state index is 0.418. The summed E-state index contributed by atoms with van der Waals surface area (Å²) in [5.74, 6) is 0. The molecule has 0 fully saturated rings. The summed E-state index contributed by atoms with van der Waals surface area (Å²) in [4.78, 5) is 0. The van der Waals surface area contributed by atoms with Gasteiger partial charge in [0.25, 0.3) is 0 Å². The Bertz CT molecular complexity index is 582. The molecule has 18 heavy (non-hydrogen) atoms. The molecule has 1 aromatic carbocycles. The molecule has 0 atom stereocenters. The Balaban J connectivity index is 2.52. The summed E-state index contributed by atoms with van der Waals surface area (Å²) >= 11 is 11.9. The van der Waals surface area contributed by atoms with Crippen LogP contribution in [0.4, 0.5) is 0 Å². The van der Waals surface area contributed by atoms with Crippen LogP contribution in [0, 0.1) is 6.92 Å². The molecule has 0 bridgehead atoms. The van der Waals surface area contributed by atoms with Crippen LogP contribution in [0.5, 0.6) is 0 Å². The fourth-order valence-corrected chi connectivity index (χ4v) is 2.21. The summed E-state index contributed by atoms with van der Waals surface area (Å²) in [6.45, 7) is 5.89.